The number of aliphatic hydroxyl groups excluding tert-OH is 1. The predicted octanol–water partition coefficient (Wildman–Crippen LogP) is 2.56. The minimum absolute atomic E-state index is 0.0719. The molecule has 2 rings (SSSR count). The van der Waals surface area contributed by atoms with Crippen LogP contribution in [0.25, 0.3) is 10.6 Å². The van der Waals surface area contributed by atoms with Gasteiger partial charge in [0, 0.05) is 35.6 Å². The lowest BCUT2D eigenvalue weighted by Crippen LogP contribution is -1.88. The molecule has 0 amide bonds. The maximum absolute atomic E-state index is 10.6. The molecule has 0 bridgehead atoms. The number of nitrogens with zero attached hydrogens (tertiary/aromatic N) is 2. The van der Waals surface area contributed by atoms with Gasteiger partial charge in [-0.05, 0) is 19.1 Å². The number of nitro groups is 1. The maximum atomic E-state index is 10.6. The Labute approximate surface area is 108 Å². The molecule has 2 aromatic rings. The summed E-state index contributed by atoms with van der Waals surface area (Å²) in [6, 6.07) is 6.33. The Morgan fingerprint density at radius 2 is 2.06 bits per heavy atom. The van der Waals surface area contributed by atoms with Gasteiger partial charge in [0.1, 0.15) is 5.01 Å². The van der Waals surface area contributed by atoms with E-state index in [2.05, 4.69) is 4.98 Å². The molecule has 0 aliphatic heterocycles. The fraction of sp³-hybridized carbons (Fsp3) is 0.250. The van der Waals surface area contributed by atoms with Crippen LogP contribution in [-0.4, -0.2) is 21.6 Å². The molecule has 94 valence electrons. The molecular weight excluding hydrogens is 252 g/mol. The van der Waals surface area contributed by atoms with Gasteiger partial charge in [-0.25, -0.2) is 4.98 Å². The van der Waals surface area contributed by atoms with Crippen molar-refractivity contribution in [3.05, 3.63) is 45.0 Å². The molecule has 0 aliphatic rings. The SMILES string of the molecule is Cc1nc(-c2ccc([N+](=O)[O-])cc2)sc1CCO. The number of nitro benzene ring substituents is 1. The van der Waals surface area contributed by atoms with Gasteiger partial charge in [0.05, 0.1) is 10.6 Å². The van der Waals surface area contributed by atoms with Crippen molar-refractivity contribution in [2.45, 2.75) is 13.3 Å². The van der Waals surface area contributed by atoms with E-state index in [-0.39, 0.29) is 12.3 Å². The summed E-state index contributed by atoms with van der Waals surface area (Å²) in [6.07, 6.45) is 0.594. The molecule has 0 unspecified atom stereocenters. The van der Waals surface area contributed by atoms with Gasteiger partial charge in [-0.15, -0.1) is 11.3 Å². The van der Waals surface area contributed by atoms with Crippen molar-refractivity contribution in [3.8, 4) is 10.6 Å². The third kappa shape index (κ3) is 2.55. The molecule has 0 saturated carbocycles. The fourth-order valence-electron chi connectivity index (χ4n) is 1.61. The van der Waals surface area contributed by atoms with Crippen molar-refractivity contribution in [1.29, 1.82) is 0 Å². The van der Waals surface area contributed by atoms with Crippen LogP contribution < -0.4 is 0 Å². The first-order valence-electron chi connectivity index (χ1n) is 5.44. The zero-order chi connectivity index (χ0) is 13.1. The van der Waals surface area contributed by atoms with E-state index in [4.69, 9.17) is 5.11 Å². The Morgan fingerprint density at radius 3 is 2.61 bits per heavy atom. The number of aryl methyl sites for hydroxylation is 1. The van der Waals surface area contributed by atoms with Crippen LogP contribution in [0.3, 0.4) is 0 Å². The van der Waals surface area contributed by atoms with Crippen molar-refractivity contribution in [2.24, 2.45) is 0 Å². The fourth-order valence-corrected chi connectivity index (χ4v) is 2.67. The predicted molar refractivity (Wildman–Crippen MR) is 69.7 cm³/mol. The summed E-state index contributed by atoms with van der Waals surface area (Å²) in [5.41, 5.74) is 1.84. The summed E-state index contributed by atoms with van der Waals surface area (Å²) in [7, 11) is 0. The molecule has 0 fully saturated rings. The third-order valence-electron chi connectivity index (χ3n) is 2.56. The van der Waals surface area contributed by atoms with Crippen molar-refractivity contribution in [3.63, 3.8) is 0 Å². The number of hydrogen-bond acceptors (Lipinski definition) is 5. The summed E-state index contributed by atoms with van der Waals surface area (Å²) in [6.45, 7) is 2.00. The van der Waals surface area contributed by atoms with Gasteiger partial charge in [-0.1, -0.05) is 0 Å². The van der Waals surface area contributed by atoms with Crippen molar-refractivity contribution >= 4 is 17.0 Å². The highest BCUT2D eigenvalue weighted by atomic mass is 32.1. The Hall–Kier alpha value is -1.79. The average Bonchev–Trinajstić information content (AvgIpc) is 2.72. The summed E-state index contributed by atoms with van der Waals surface area (Å²) in [5.74, 6) is 0. The second-order valence-corrected chi connectivity index (χ2v) is 4.89. The Morgan fingerprint density at radius 1 is 1.39 bits per heavy atom. The van der Waals surface area contributed by atoms with Gasteiger partial charge in [0.15, 0.2) is 0 Å². The molecule has 5 nitrogen and oxygen atoms in total. The van der Waals surface area contributed by atoms with Crippen LogP contribution in [0.2, 0.25) is 0 Å². The highest BCUT2D eigenvalue weighted by Gasteiger charge is 2.10. The summed E-state index contributed by atoms with van der Waals surface area (Å²) in [4.78, 5) is 15.6. The van der Waals surface area contributed by atoms with Crippen LogP contribution in [0, 0.1) is 17.0 Å². The largest absolute Gasteiger partial charge is 0.396 e. The number of benzene rings is 1. The number of hydrogen-bond donors (Lipinski definition) is 1. The molecule has 0 spiro atoms. The van der Waals surface area contributed by atoms with E-state index in [1.54, 1.807) is 12.1 Å². The Kier molecular flexibility index (Phi) is 3.69. The lowest BCUT2D eigenvalue weighted by molar-refractivity contribution is -0.384. The second kappa shape index (κ2) is 5.24. The van der Waals surface area contributed by atoms with Gasteiger partial charge < -0.3 is 5.11 Å². The molecule has 6 heteroatoms. The normalized spacial score (nSPS) is 10.6. The number of thiazole rings is 1. The standard InChI is InChI=1S/C12H12N2O3S/c1-8-11(6-7-15)18-12(13-8)9-2-4-10(5-3-9)14(16)17/h2-5,15H,6-7H2,1H3. The van der Waals surface area contributed by atoms with Gasteiger partial charge >= 0.3 is 0 Å². The van der Waals surface area contributed by atoms with E-state index in [9.17, 15) is 10.1 Å². The van der Waals surface area contributed by atoms with E-state index in [0.29, 0.717) is 6.42 Å². The van der Waals surface area contributed by atoms with Gasteiger partial charge in [0.2, 0.25) is 0 Å². The van der Waals surface area contributed by atoms with Crippen molar-refractivity contribution in [2.75, 3.05) is 6.61 Å². The van der Waals surface area contributed by atoms with Gasteiger partial charge in [-0.2, -0.15) is 0 Å². The average molecular weight is 264 g/mol. The molecule has 1 aromatic heterocycles. The summed E-state index contributed by atoms with van der Waals surface area (Å²) < 4.78 is 0. The maximum Gasteiger partial charge on any atom is 0.269 e. The lowest BCUT2D eigenvalue weighted by atomic mass is 10.2. The monoisotopic (exact) mass is 264 g/mol. The van der Waals surface area contributed by atoms with Crippen molar-refractivity contribution in [1.82, 2.24) is 4.98 Å². The Balaban J connectivity index is 2.31. The molecule has 1 N–H and O–H groups in total. The highest BCUT2D eigenvalue weighted by molar-refractivity contribution is 7.15. The first kappa shape index (κ1) is 12.7. The van der Waals surface area contributed by atoms with Crippen LogP contribution in [0.1, 0.15) is 10.6 Å². The molecule has 0 atom stereocenters. The molecular formula is C12H12N2O3S. The highest BCUT2D eigenvalue weighted by Crippen LogP contribution is 2.29. The third-order valence-corrected chi connectivity index (χ3v) is 3.82. The second-order valence-electron chi connectivity index (χ2n) is 3.81. The van der Waals surface area contributed by atoms with Crippen LogP contribution >= 0.6 is 11.3 Å². The van der Waals surface area contributed by atoms with Crippen molar-refractivity contribution < 1.29 is 10.0 Å². The number of non-ortho nitro benzene ring substituents is 1. The van der Waals surface area contributed by atoms with Crippen LogP contribution in [0.4, 0.5) is 5.69 Å². The number of aromatic nitrogens is 1. The quantitative estimate of drug-likeness (QED) is 0.680. The molecule has 1 aromatic carbocycles. The number of aliphatic hydroxyl groups is 1. The van der Waals surface area contributed by atoms with E-state index in [0.717, 1.165) is 21.1 Å². The smallest absolute Gasteiger partial charge is 0.269 e. The summed E-state index contributed by atoms with van der Waals surface area (Å²) in [5, 5.41) is 20.3. The van der Waals surface area contributed by atoms with E-state index < -0.39 is 4.92 Å². The zero-order valence-electron chi connectivity index (χ0n) is 9.79. The van der Waals surface area contributed by atoms with E-state index in [1.165, 1.54) is 23.5 Å². The van der Waals surface area contributed by atoms with Crippen LogP contribution in [-0.2, 0) is 6.42 Å². The zero-order valence-corrected chi connectivity index (χ0v) is 10.6. The van der Waals surface area contributed by atoms with Gasteiger partial charge in [0.25, 0.3) is 5.69 Å². The molecule has 1 heterocycles. The first-order chi connectivity index (χ1) is 8.61. The molecule has 0 saturated heterocycles. The number of rotatable bonds is 4. The molecule has 18 heavy (non-hydrogen) atoms. The van der Waals surface area contributed by atoms with E-state index >= 15 is 0 Å². The van der Waals surface area contributed by atoms with E-state index in [1.807, 2.05) is 6.92 Å². The first-order valence-corrected chi connectivity index (χ1v) is 6.25. The topological polar surface area (TPSA) is 76.3 Å². The Bertz CT molecular complexity index is 563. The van der Waals surface area contributed by atoms with Gasteiger partial charge in [-0.3, -0.25) is 10.1 Å². The molecule has 0 radical (unpaired) electrons. The minimum atomic E-state index is -0.423. The molecule has 0 aliphatic carbocycles. The van der Waals surface area contributed by atoms with Crippen LogP contribution in [0.5, 0.6) is 0 Å². The minimum Gasteiger partial charge on any atom is -0.396 e. The summed E-state index contributed by atoms with van der Waals surface area (Å²) >= 11 is 1.51. The van der Waals surface area contributed by atoms with Crippen LogP contribution in [0.15, 0.2) is 24.3 Å². The lowest BCUT2D eigenvalue weighted by Gasteiger charge is -1.95.